The molecule has 0 saturated carbocycles. The molecule has 1 heterocycles. The molecule has 1 aliphatic rings. The third-order valence-electron chi connectivity index (χ3n) is 4.81. The van der Waals surface area contributed by atoms with Gasteiger partial charge in [-0.25, -0.2) is 4.39 Å². The van der Waals surface area contributed by atoms with Gasteiger partial charge in [0.2, 0.25) is 0 Å². The van der Waals surface area contributed by atoms with Crippen LogP contribution in [0.1, 0.15) is 5.56 Å². The van der Waals surface area contributed by atoms with Gasteiger partial charge in [0.1, 0.15) is 11.6 Å². The summed E-state index contributed by atoms with van der Waals surface area (Å²) in [6.07, 6.45) is 0.766. The van der Waals surface area contributed by atoms with Crippen molar-refractivity contribution in [3.63, 3.8) is 0 Å². The van der Waals surface area contributed by atoms with Crippen LogP contribution in [0.3, 0.4) is 0 Å². The molecule has 2 aromatic rings. The van der Waals surface area contributed by atoms with Crippen LogP contribution in [-0.4, -0.2) is 57.7 Å². The van der Waals surface area contributed by atoms with E-state index in [1.807, 2.05) is 18.2 Å². The summed E-state index contributed by atoms with van der Waals surface area (Å²) in [7, 11) is 3.49. The number of nitrogens with one attached hydrogen (secondary N) is 1. The average Bonchev–Trinajstić information content (AvgIpc) is 2.72. The summed E-state index contributed by atoms with van der Waals surface area (Å²) in [5, 5.41) is 3.40. The fourth-order valence-electron chi connectivity index (χ4n) is 3.31. The minimum absolute atomic E-state index is 0. The Morgan fingerprint density at radius 1 is 1.11 bits per heavy atom. The zero-order chi connectivity index (χ0) is 19.1. The van der Waals surface area contributed by atoms with E-state index in [1.165, 1.54) is 11.8 Å². The van der Waals surface area contributed by atoms with Gasteiger partial charge >= 0.3 is 0 Å². The van der Waals surface area contributed by atoms with Crippen molar-refractivity contribution in [2.24, 2.45) is 4.99 Å². The molecule has 7 heteroatoms. The number of rotatable bonds is 5. The number of benzene rings is 2. The summed E-state index contributed by atoms with van der Waals surface area (Å²) in [5.74, 6) is 1.59. The summed E-state index contributed by atoms with van der Waals surface area (Å²) >= 11 is 0. The maximum atomic E-state index is 13.3. The molecular weight excluding hydrogens is 470 g/mol. The Kier molecular flexibility index (Phi) is 8.82. The van der Waals surface area contributed by atoms with Crippen molar-refractivity contribution >= 4 is 35.6 Å². The van der Waals surface area contributed by atoms with Crippen LogP contribution < -0.4 is 15.0 Å². The second-order valence-corrected chi connectivity index (χ2v) is 6.53. The van der Waals surface area contributed by atoms with Crippen LogP contribution in [0.15, 0.2) is 53.5 Å². The van der Waals surface area contributed by atoms with Gasteiger partial charge in [0, 0.05) is 45.5 Å². The van der Waals surface area contributed by atoms with Crippen molar-refractivity contribution in [1.82, 2.24) is 10.2 Å². The van der Waals surface area contributed by atoms with E-state index in [-0.39, 0.29) is 29.8 Å². The van der Waals surface area contributed by atoms with Crippen molar-refractivity contribution in [2.75, 3.05) is 51.8 Å². The van der Waals surface area contributed by atoms with E-state index in [0.717, 1.165) is 56.4 Å². The fraction of sp³-hybridized carbons (Fsp3) is 0.381. The Balaban J connectivity index is 0.00000280. The molecule has 0 unspecified atom stereocenters. The SMILES string of the molecule is CN=C(NCCc1cccc(F)c1)N1CCN(c2ccc(OC)cc2)CC1.I. The van der Waals surface area contributed by atoms with Gasteiger partial charge in [-0.3, -0.25) is 4.99 Å². The van der Waals surface area contributed by atoms with Crippen LogP contribution >= 0.6 is 24.0 Å². The lowest BCUT2D eigenvalue weighted by Gasteiger charge is -2.37. The zero-order valence-corrected chi connectivity index (χ0v) is 18.7. The summed E-state index contributed by atoms with van der Waals surface area (Å²) in [5.41, 5.74) is 2.20. The van der Waals surface area contributed by atoms with Crippen LogP contribution in [-0.2, 0) is 6.42 Å². The predicted octanol–water partition coefficient (Wildman–Crippen LogP) is 3.39. The van der Waals surface area contributed by atoms with E-state index >= 15 is 0 Å². The Morgan fingerprint density at radius 2 is 1.82 bits per heavy atom. The average molecular weight is 498 g/mol. The molecule has 0 radical (unpaired) electrons. The minimum Gasteiger partial charge on any atom is -0.497 e. The van der Waals surface area contributed by atoms with Gasteiger partial charge in [-0.2, -0.15) is 0 Å². The molecule has 0 amide bonds. The monoisotopic (exact) mass is 498 g/mol. The summed E-state index contributed by atoms with van der Waals surface area (Å²) in [6.45, 7) is 4.43. The standard InChI is InChI=1S/C21H27FN4O.HI/c1-23-21(24-11-10-17-4-3-5-18(22)16-17)26-14-12-25(13-15-26)19-6-8-20(27-2)9-7-19;/h3-9,16H,10-15H2,1-2H3,(H,23,24);1H. The normalized spacial score (nSPS) is 14.5. The number of anilines is 1. The van der Waals surface area contributed by atoms with E-state index in [1.54, 1.807) is 26.3 Å². The molecule has 1 aliphatic heterocycles. The lowest BCUT2D eigenvalue weighted by Crippen LogP contribution is -2.52. The van der Waals surface area contributed by atoms with E-state index in [4.69, 9.17) is 4.74 Å². The van der Waals surface area contributed by atoms with Crippen LogP contribution in [0.5, 0.6) is 5.75 Å². The highest BCUT2D eigenvalue weighted by atomic mass is 127. The molecule has 1 saturated heterocycles. The Morgan fingerprint density at radius 3 is 2.43 bits per heavy atom. The molecular formula is C21H28FIN4O. The number of halogens is 2. The molecule has 0 spiro atoms. The second-order valence-electron chi connectivity index (χ2n) is 6.53. The molecule has 0 atom stereocenters. The van der Waals surface area contributed by atoms with Crippen molar-refractivity contribution in [3.05, 3.63) is 59.9 Å². The quantitative estimate of drug-likeness (QED) is 0.390. The molecule has 2 aromatic carbocycles. The molecule has 1 N–H and O–H groups in total. The van der Waals surface area contributed by atoms with Gasteiger partial charge in [0.15, 0.2) is 5.96 Å². The molecule has 1 fully saturated rings. The smallest absolute Gasteiger partial charge is 0.193 e. The van der Waals surface area contributed by atoms with Gasteiger partial charge in [0.05, 0.1) is 7.11 Å². The van der Waals surface area contributed by atoms with Crippen LogP contribution in [0, 0.1) is 5.82 Å². The molecule has 0 bridgehead atoms. The summed E-state index contributed by atoms with van der Waals surface area (Å²) < 4.78 is 18.5. The highest BCUT2D eigenvalue weighted by molar-refractivity contribution is 14.0. The molecule has 5 nitrogen and oxygen atoms in total. The van der Waals surface area contributed by atoms with E-state index in [0.29, 0.717) is 0 Å². The van der Waals surface area contributed by atoms with Gasteiger partial charge in [-0.05, 0) is 48.4 Å². The van der Waals surface area contributed by atoms with E-state index in [2.05, 4.69) is 32.2 Å². The largest absolute Gasteiger partial charge is 0.497 e. The first-order chi connectivity index (χ1) is 13.2. The Hall–Kier alpha value is -2.03. The van der Waals surface area contributed by atoms with Gasteiger partial charge in [-0.1, -0.05) is 12.1 Å². The van der Waals surface area contributed by atoms with E-state index < -0.39 is 0 Å². The maximum absolute atomic E-state index is 13.3. The van der Waals surface area contributed by atoms with E-state index in [9.17, 15) is 4.39 Å². The molecule has 3 rings (SSSR count). The first-order valence-corrected chi connectivity index (χ1v) is 9.28. The number of nitrogens with zero attached hydrogens (tertiary/aromatic N) is 3. The van der Waals surface area contributed by atoms with Crippen LogP contribution in [0.4, 0.5) is 10.1 Å². The predicted molar refractivity (Wildman–Crippen MR) is 124 cm³/mol. The van der Waals surface area contributed by atoms with Gasteiger partial charge < -0.3 is 19.9 Å². The highest BCUT2D eigenvalue weighted by Gasteiger charge is 2.19. The highest BCUT2D eigenvalue weighted by Crippen LogP contribution is 2.20. The third kappa shape index (κ3) is 5.98. The lowest BCUT2D eigenvalue weighted by atomic mass is 10.1. The number of hydrogen-bond acceptors (Lipinski definition) is 3. The van der Waals surface area contributed by atoms with Crippen LogP contribution in [0.2, 0.25) is 0 Å². The van der Waals surface area contributed by atoms with Crippen molar-refractivity contribution in [3.8, 4) is 5.75 Å². The number of guanidine groups is 1. The minimum atomic E-state index is -0.188. The maximum Gasteiger partial charge on any atom is 0.193 e. The van der Waals surface area contributed by atoms with Crippen molar-refractivity contribution in [2.45, 2.75) is 6.42 Å². The first kappa shape index (κ1) is 22.3. The Labute approximate surface area is 183 Å². The Bertz CT molecular complexity index is 761. The number of aliphatic imine (C=N–C) groups is 1. The number of hydrogen-bond donors (Lipinski definition) is 1. The number of ether oxygens (including phenoxy) is 1. The number of piperazine rings is 1. The third-order valence-corrected chi connectivity index (χ3v) is 4.81. The van der Waals surface area contributed by atoms with Gasteiger partial charge in [-0.15, -0.1) is 24.0 Å². The van der Waals surface area contributed by atoms with Gasteiger partial charge in [0.25, 0.3) is 0 Å². The number of methoxy groups -OCH3 is 1. The first-order valence-electron chi connectivity index (χ1n) is 9.28. The fourth-order valence-corrected chi connectivity index (χ4v) is 3.31. The van der Waals surface area contributed by atoms with Crippen molar-refractivity contribution < 1.29 is 9.13 Å². The molecule has 28 heavy (non-hydrogen) atoms. The zero-order valence-electron chi connectivity index (χ0n) is 16.4. The lowest BCUT2D eigenvalue weighted by molar-refractivity contribution is 0.373. The van der Waals surface area contributed by atoms with Crippen molar-refractivity contribution in [1.29, 1.82) is 0 Å². The van der Waals surface area contributed by atoms with Crippen LogP contribution in [0.25, 0.3) is 0 Å². The topological polar surface area (TPSA) is 40.1 Å². The second kappa shape index (κ2) is 11.1. The summed E-state index contributed by atoms with van der Waals surface area (Å²) in [6, 6.07) is 14.9. The molecule has 0 aromatic heterocycles. The summed E-state index contributed by atoms with van der Waals surface area (Å²) in [4.78, 5) is 9.04. The molecule has 0 aliphatic carbocycles. The molecule has 152 valence electrons.